The number of thioether (sulfide) groups is 1. The van der Waals surface area contributed by atoms with Crippen LogP contribution in [0, 0.1) is 0 Å². The van der Waals surface area contributed by atoms with E-state index in [1.165, 1.54) is 6.08 Å². The minimum absolute atomic E-state index is 0.192. The molecular formula is C21H19NO4S. The van der Waals surface area contributed by atoms with Gasteiger partial charge in [0.25, 0.3) is 0 Å². The highest BCUT2D eigenvalue weighted by Gasteiger charge is 2.22. The van der Waals surface area contributed by atoms with Gasteiger partial charge in [-0.25, -0.2) is 9.78 Å². The lowest BCUT2D eigenvalue weighted by Crippen LogP contribution is -1.98. The molecule has 0 aliphatic heterocycles. The first-order chi connectivity index (χ1) is 13.1. The van der Waals surface area contributed by atoms with Crippen LogP contribution >= 0.6 is 11.8 Å². The number of hydrogen-bond donors (Lipinski definition) is 2. The van der Waals surface area contributed by atoms with E-state index in [9.17, 15) is 9.90 Å². The van der Waals surface area contributed by atoms with Crippen LogP contribution in [0.1, 0.15) is 29.2 Å². The number of benzene rings is 2. The Balaban J connectivity index is 1.86. The molecule has 1 heterocycles. The number of aromatic hydroxyl groups is 1. The Labute approximate surface area is 161 Å². The fourth-order valence-electron chi connectivity index (χ4n) is 2.64. The SMILES string of the molecule is CCSC(c1ncc(-c2ccc(C=CC(=O)O)cc2)o1)c1ccccc1O. The molecule has 1 atom stereocenters. The van der Waals surface area contributed by atoms with E-state index in [0.29, 0.717) is 11.7 Å². The molecule has 0 radical (unpaired) electrons. The van der Waals surface area contributed by atoms with Gasteiger partial charge < -0.3 is 14.6 Å². The number of hydrogen-bond acceptors (Lipinski definition) is 5. The molecule has 0 saturated heterocycles. The van der Waals surface area contributed by atoms with E-state index in [2.05, 4.69) is 4.98 Å². The third-order valence-electron chi connectivity index (χ3n) is 3.91. The van der Waals surface area contributed by atoms with E-state index in [4.69, 9.17) is 9.52 Å². The maximum Gasteiger partial charge on any atom is 0.328 e. The Bertz CT molecular complexity index is 947. The Hall–Kier alpha value is -2.99. The number of para-hydroxylation sites is 1. The first-order valence-corrected chi connectivity index (χ1v) is 9.50. The highest BCUT2D eigenvalue weighted by molar-refractivity contribution is 7.99. The lowest BCUT2D eigenvalue weighted by molar-refractivity contribution is -0.131. The quantitative estimate of drug-likeness (QED) is 0.561. The summed E-state index contributed by atoms with van der Waals surface area (Å²) in [6, 6.07) is 14.5. The van der Waals surface area contributed by atoms with Crippen LogP contribution in [-0.2, 0) is 4.79 Å². The van der Waals surface area contributed by atoms with E-state index in [0.717, 1.165) is 28.5 Å². The van der Waals surface area contributed by atoms with Gasteiger partial charge >= 0.3 is 5.97 Å². The summed E-state index contributed by atoms with van der Waals surface area (Å²) in [7, 11) is 0. The molecule has 1 unspecified atom stereocenters. The largest absolute Gasteiger partial charge is 0.508 e. The molecule has 3 aromatic rings. The van der Waals surface area contributed by atoms with Crippen LogP contribution in [0.5, 0.6) is 5.75 Å². The molecule has 0 bridgehead atoms. The summed E-state index contributed by atoms with van der Waals surface area (Å²) in [5.41, 5.74) is 2.40. The molecule has 0 fully saturated rings. The van der Waals surface area contributed by atoms with Gasteiger partial charge in [-0.2, -0.15) is 0 Å². The van der Waals surface area contributed by atoms with Crippen molar-refractivity contribution in [2.24, 2.45) is 0 Å². The van der Waals surface area contributed by atoms with Crippen LogP contribution in [0.25, 0.3) is 17.4 Å². The van der Waals surface area contributed by atoms with Crippen molar-refractivity contribution in [3.05, 3.63) is 77.8 Å². The molecule has 0 aliphatic carbocycles. The summed E-state index contributed by atoms with van der Waals surface area (Å²) in [5, 5.41) is 18.7. The molecule has 2 aromatic carbocycles. The van der Waals surface area contributed by atoms with E-state index in [1.807, 2.05) is 43.3 Å². The molecule has 138 valence electrons. The third kappa shape index (κ3) is 4.60. The van der Waals surface area contributed by atoms with E-state index < -0.39 is 5.97 Å². The van der Waals surface area contributed by atoms with Crippen molar-refractivity contribution < 1.29 is 19.4 Å². The molecule has 0 amide bonds. The highest BCUT2D eigenvalue weighted by atomic mass is 32.2. The van der Waals surface area contributed by atoms with Crippen molar-refractivity contribution >= 4 is 23.8 Å². The van der Waals surface area contributed by atoms with Crippen LogP contribution in [0.4, 0.5) is 0 Å². The zero-order chi connectivity index (χ0) is 19.2. The Morgan fingerprint density at radius 3 is 2.63 bits per heavy atom. The summed E-state index contributed by atoms with van der Waals surface area (Å²) in [5.74, 6) is 1.24. The number of aliphatic carboxylic acids is 1. The van der Waals surface area contributed by atoms with Crippen LogP contribution in [0.2, 0.25) is 0 Å². The van der Waals surface area contributed by atoms with Crippen molar-refractivity contribution in [2.45, 2.75) is 12.2 Å². The number of carbonyl (C=O) groups is 1. The van der Waals surface area contributed by atoms with Crippen LogP contribution < -0.4 is 0 Å². The summed E-state index contributed by atoms with van der Waals surface area (Å²) in [6.45, 7) is 2.05. The van der Waals surface area contributed by atoms with Gasteiger partial charge in [0, 0.05) is 17.2 Å². The Morgan fingerprint density at radius 1 is 1.22 bits per heavy atom. The molecule has 5 nitrogen and oxygen atoms in total. The zero-order valence-electron chi connectivity index (χ0n) is 14.7. The second kappa shape index (κ2) is 8.60. The first kappa shape index (κ1) is 18.8. The second-order valence-corrected chi connectivity index (χ2v) is 7.13. The number of nitrogens with zero attached hydrogens (tertiary/aromatic N) is 1. The predicted octanol–water partition coefficient (Wildman–Crippen LogP) is 4.99. The number of aromatic nitrogens is 1. The van der Waals surface area contributed by atoms with E-state index in [1.54, 1.807) is 30.1 Å². The standard InChI is InChI=1S/C21H19NO4S/c1-2-27-20(16-5-3-4-6-17(16)23)21-22-13-18(26-21)15-10-7-14(8-11-15)9-12-19(24)25/h3-13,20,23H,2H2,1H3,(H,24,25). The molecule has 0 spiro atoms. The third-order valence-corrected chi connectivity index (χ3v) is 5.04. The summed E-state index contributed by atoms with van der Waals surface area (Å²) < 4.78 is 5.98. The van der Waals surface area contributed by atoms with Gasteiger partial charge in [-0.3, -0.25) is 0 Å². The summed E-state index contributed by atoms with van der Waals surface area (Å²) >= 11 is 1.64. The van der Waals surface area contributed by atoms with Gasteiger partial charge in [-0.05, 0) is 23.5 Å². The highest BCUT2D eigenvalue weighted by Crippen LogP contribution is 2.40. The minimum Gasteiger partial charge on any atom is -0.508 e. The fourth-order valence-corrected chi connectivity index (χ4v) is 3.60. The van der Waals surface area contributed by atoms with E-state index in [-0.39, 0.29) is 11.0 Å². The minimum atomic E-state index is -0.984. The summed E-state index contributed by atoms with van der Waals surface area (Å²) in [4.78, 5) is 15.0. The van der Waals surface area contributed by atoms with Gasteiger partial charge in [0.2, 0.25) is 5.89 Å². The van der Waals surface area contributed by atoms with Gasteiger partial charge in [0.15, 0.2) is 5.76 Å². The zero-order valence-corrected chi connectivity index (χ0v) is 15.5. The van der Waals surface area contributed by atoms with Crippen LogP contribution in [0.3, 0.4) is 0 Å². The number of phenolic OH excluding ortho intramolecular Hbond substituents is 1. The Morgan fingerprint density at radius 2 is 1.96 bits per heavy atom. The maximum atomic E-state index is 10.6. The normalized spacial score (nSPS) is 12.3. The maximum absolute atomic E-state index is 10.6. The second-order valence-electron chi connectivity index (χ2n) is 5.75. The van der Waals surface area contributed by atoms with Crippen molar-refractivity contribution in [3.63, 3.8) is 0 Å². The monoisotopic (exact) mass is 381 g/mol. The fraction of sp³-hybridized carbons (Fsp3) is 0.143. The summed E-state index contributed by atoms with van der Waals surface area (Å²) in [6.07, 6.45) is 4.30. The van der Waals surface area contributed by atoms with Gasteiger partial charge in [-0.1, -0.05) is 49.4 Å². The molecule has 0 aliphatic rings. The molecule has 27 heavy (non-hydrogen) atoms. The molecule has 2 N–H and O–H groups in total. The number of carboxylic acid groups (broad SMARTS) is 1. The molecule has 6 heteroatoms. The topological polar surface area (TPSA) is 83.6 Å². The van der Waals surface area contributed by atoms with Crippen LogP contribution in [0.15, 0.2) is 65.2 Å². The number of rotatable bonds is 7. The average molecular weight is 381 g/mol. The first-order valence-electron chi connectivity index (χ1n) is 8.45. The Kier molecular flexibility index (Phi) is 5.98. The van der Waals surface area contributed by atoms with E-state index >= 15 is 0 Å². The number of phenols is 1. The van der Waals surface area contributed by atoms with Gasteiger partial charge in [0.1, 0.15) is 11.0 Å². The number of carboxylic acids is 1. The molecule has 1 aromatic heterocycles. The molecular weight excluding hydrogens is 362 g/mol. The van der Waals surface area contributed by atoms with Crippen molar-refractivity contribution in [2.75, 3.05) is 5.75 Å². The molecule has 0 saturated carbocycles. The van der Waals surface area contributed by atoms with Crippen molar-refractivity contribution in [1.29, 1.82) is 0 Å². The van der Waals surface area contributed by atoms with Gasteiger partial charge in [-0.15, -0.1) is 11.8 Å². The predicted molar refractivity (Wildman–Crippen MR) is 107 cm³/mol. The lowest BCUT2D eigenvalue weighted by atomic mass is 10.1. The van der Waals surface area contributed by atoms with Crippen LogP contribution in [-0.4, -0.2) is 26.9 Å². The number of oxazole rings is 1. The smallest absolute Gasteiger partial charge is 0.328 e. The van der Waals surface area contributed by atoms with Crippen molar-refractivity contribution in [1.82, 2.24) is 4.98 Å². The lowest BCUT2D eigenvalue weighted by Gasteiger charge is -2.14. The van der Waals surface area contributed by atoms with Gasteiger partial charge in [0.05, 0.1) is 6.20 Å². The average Bonchev–Trinajstić information content (AvgIpc) is 3.15. The molecule has 3 rings (SSSR count). The van der Waals surface area contributed by atoms with Crippen molar-refractivity contribution in [3.8, 4) is 17.1 Å².